The first-order valence-electron chi connectivity index (χ1n) is 8.41. The van der Waals surface area contributed by atoms with Crippen molar-refractivity contribution in [2.45, 2.75) is 53.1 Å². The van der Waals surface area contributed by atoms with E-state index in [9.17, 15) is 19.3 Å². The van der Waals surface area contributed by atoms with Crippen molar-refractivity contribution < 1.29 is 38.0 Å². The number of carbonyl (C=O) groups is 2. The first-order valence-corrected chi connectivity index (χ1v) is 10.3. The lowest BCUT2D eigenvalue weighted by atomic mass is 10.2. The Morgan fingerprint density at radius 3 is 1.92 bits per heavy atom. The van der Waals surface area contributed by atoms with Gasteiger partial charge in [-0.15, -0.1) is 0 Å². The molecule has 0 aromatic rings. The van der Waals surface area contributed by atoms with Crippen LogP contribution in [0.25, 0.3) is 0 Å². The molecule has 2 unspecified atom stereocenters. The monoisotopic (exact) mass is 382 g/mol. The van der Waals surface area contributed by atoms with E-state index in [0.29, 0.717) is 0 Å². The Morgan fingerprint density at radius 1 is 1.00 bits per heavy atom. The Hall–Kier alpha value is -1.15. The van der Waals surface area contributed by atoms with Crippen molar-refractivity contribution in [3.8, 4) is 0 Å². The van der Waals surface area contributed by atoms with Gasteiger partial charge >= 0.3 is 6.09 Å². The van der Waals surface area contributed by atoms with Crippen LogP contribution in [0.15, 0.2) is 0 Å². The van der Waals surface area contributed by atoms with Crippen LogP contribution in [0.2, 0.25) is 0 Å². The third-order valence-corrected chi connectivity index (χ3v) is 5.51. The van der Waals surface area contributed by atoms with E-state index < -0.39 is 37.8 Å². The summed E-state index contributed by atoms with van der Waals surface area (Å²) in [5.41, 5.74) is 0. The van der Waals surface area contributed by atoms with Gasteiger partial charge in [0.15, 0.2) is 0 Å². The van der Waals surface area contributed by atoms with Crippen molar-refractivity contribution in [3.05, 3.63) is 0 Å². The van der Waals surface area contributed by atoms with Crippen LogP contribution in [-0.2, 0) is 28.1 Å². The molecule has 0 aliphatic heterocycles. The molecule has 0 saturated carbocycles. The first kappa shape index (κ1) is 23.9. The number of aliphatic carboxylic acids is 1. The van der Waals surface area contributed by atoms with Gasteiger partial charge in [0.2, 0.25) is 6.03 Å². The van der Waals surface area contributed by atoms with Crippen LogP contribution in [0, 0.1) is 0 Å². The van der Waals surface area contributed by atoms with E-state index in [4.69, 9.17) is 18.7 Å². The summed E-state index contributed by atoms with van der Waals surface area (Å²) in [6.07, 6.45) is -1.37. The van der Waals surface area contributed by atoms with Crippen molar-refractivity contribution in [2.75, 3.05) is 32.7 Å². The summed E-state index contributed by atoms with van der Waals surface area (Å²) in [6.45, 7) is 8.71. The van der Waals surface area contributed by atoms with Crippen LogP contribution in [0.1, 0.15) is 41.0 Å². The minimum atomic E-state index is -3.71. The maximum Gasteiger partial charge on any atom is 0.410 e. The van der Waals surface area contributed by atoms with E-state index in [2.05, 4.69) is 0 Å². The molecular formula is C15H29NO8P-. The Kier molecular flexibility index (Phi) is 11.7. The van der Waals surface area contributed by atoms with Crippen molar-refractivity contribution in [1.82, 2.24) is 4.90 Å². The molecule has 0 fully saturated rings. The molecule has 0 heterocycles. The van der Waals surface area contributed by atoms with Crippen LogP contribution < -0.4 is 5.11 Å². The van der Waals surface area contributed by atoms with E-state index in [-0.39, 0.29) is 32.8 Å². The van der Waals surface area contributed by atoms with Crippen molar-refractivity contribution in [1.29, 1.82) is 0 Å². The van der Waals surface area contributed by atoms with Gasteiger partial charge in [-0.1, -0.05) is 6.92 Å². The molecule has 0 aliphatic rings. The van der Waals surface area contributed by atoms with Crippen molar-refractivity contribution in [2.24, 2.45) is 0 Å². The standard InChI is InChI=1S/C15H30NO8P/c1-6-12(13(17)18)16(14(19)21-7-2)11-25(20,24-10-5)15(22-8-3)23-9-4/h12,15H,6-11H2,1-5H3,(H,17,18)/p-1. The molecule has 0 spiro atoms. The molecule has 0 rings (SSSR count). The third kappa shape index (κ3) is 7.32. The summed E-state index contributed by atoms with van der Waals surface area (Å²) >= 11 is 0. The Bertz CT molecular complexity index is 453. The fraction of sp³-hybridized carbons (Fsp3) is 0.867. The van der Waals surface area contributed by atoms with Crippen LogP contribution in [0.4, 0.5) is 4.79 Å². The van der Waals surface area contributed by atoms with Gasteiger partial charge in [0.1, 0.15) is 6.29 Å². The number of ether oxygens (including phenoxy) is 3. The smallest absolute Gasteiger partial charge is 0.410 e. The summed E-state index contributed by atoms with van der Waals surface area (Å²) in [5, 5.41) is 11.4. The first-order chi connectivity index (χ1) is 11.8. The summed E-state index contributed by atoms with van der Waals surface area (Å²) < 4.78 is 34.3. The van der Waals surface area contributed by atoms with Gasteiger partial charge in [0, 0.05) is 13.2 Å². The molecule has 1 amide bonds. The minimum absolute atomic E-state index is 0.0398. The van der Waals surface area contributed by atoms with Gasteiger partial charge < -0.3 is 28.6 Å². The topological polar surface area (TPSA) is 114 Å². The molecule has 25 heavy (non-hydrogen) atoms. The summed E-state index contributed by atoms with van der Waals surface area (Å²) in [7, 11) is -3.71. The normalized spacial score (nSPS) is 14.8. The van der Waals surface area contributed by atoms with E-state index >= 15 is 0 Å². The number of amides is 1. The van der Waals surface area contributed by atoms with Gasteiger partial charge in [-0.3, -0.25) is 9.46 Å². The average molecular weight is 382 g/mol. The lowest BCUT2D eigenvalue weighted by molar-refractivity contribution is -0.311. The maximum atomic E-state index is 13.3. The molecule has 0 radical (unpaired) electrons. The number of nitrogens with zero attached hydrogens (tertiary/aromatic N) is 1. The molecule has 2 atom stereocenters. The molecule has 0 aromatic carbocycles. The molecule has 9 nitrogen and oxygen atoms in total. The molecule has 10 heteroatoms. The van der Waals surface area contributed by atoms with Gasteiger partial charge in [-0.2, -0.15) is 0 Å². The maximum absolute atomic E-state index is 13.3. The number of hydrogen-bond donors (Lipinski definition) is 0. The highest BCUT2D eigenvalue weighted by molar-refractivity contribution is 7.59. The van der Waals surface area contributed by atoms with Gasteiger partial charge in [-0.25, -0.2) is 4.79 Å². The van der Waals surface area contributed by atoms with E-state index in [1.807, 2.05) is 0 Å². The number of rotatable bonds is 13. The lowest BCUT2D eigenvalue weighted by Crippen LogP contribution is -2.51. The van der Waals surface area contributed by atoms with Gasteiger partial charge in [-0.05, 0) is 34.1 Å². The molecule has 148 valence electrons. The van der Waals surface area contributed by atoms with Crippen LogP contribution >= 0.6 is 7.37 Å². The Balaban J connectivity index is 5.75. The molecule has 0 aliphatic carbocycles. The zero-order chi connectivity index (χ0) is 19.5. The zero-order valence-corrected chi connectivity index (χ0v) is 16.5. The molecule has 0 bridgehead atoms. The molecule has 0 saturated heterocycles. The summed E-state index contributed by atoms with van der Waals surface area (Å²) in [5.74, 6) is -1.47. The Morgan fingerprint density at radius 2 is 1.56 bits per heavy atom. The summed E-state index contributed by atoms with van der Waals surface area (Å²) in [4.78, 5) is 24.5. The van der Waals surface area contributed by atoms with Gasteiger partial charge in [0.25, 0.3) is 7.37 Å². The quantitative estimate of drug-likeness (QED) is 0.348. The van der Waals surface area contributed by atoms with E-state index in [0.717, 1.165) is 4.90 Å². The lowest BCUT2D eigenvalue weighted by Gasteiger charge is -2.35. The fourth-order valence-electron chi connectivity index (χ4n) is 2.16. The number of carboxylic acids is 1. The predicted octanol–water partition coefficient (Wildman–Crippen LogP) is 1.60. The van der Waals surface area contributed by atoms with Crippen molar-refractivity contribution >= 4 is 19.4 Å². The minimum Gasteiger partial charge on any atom is -0.548 e. The Labute approximate surface area is 149 Å². The van der Waals surface area contributed by atoms with Crippen molar-refractivity contribution in [3.63, 3.8) is 0 Å². The van der Waals surface area contributed by atoms with Gasteiger partial charge in [0.05, 0.1) is 25.2 Å². The highest BCUT2D eigenvalue weighted by Gasteiger charge is 2.41. The number of carboxylic acid groups (broad SMARTS) is 1. The second kappa shape index (κ2) is 12.2. The highest BCUT2D eigenvalue weighted by atomic mass is 31.2. The average Bonchev–Trinajstić information content (AvgIpc) is 2.54. The van der Waals surface area contributed by atoms with Crippen LogP contribution in [-0.4, -0.2) is 61.7 Å². The van der Waals surface area contributed by atoms with E-state index in [1.54, 1.807) is 34.6 Å². The number of hydrogen-bond acceptors (Lipinski definition) is 8. The molecule has 0 aromatic heterocycles. The summed E-state index contributed by atoms with van der Waals surface area (Å²) in [6, 6.07) is -2.52. The third-order valence-electron chi connectivity index (χ3n) is 3.17. The molecule has 0 N–H and O–H groups in total. The van der Waals surface area contributed by atoms with E-state index in [1.165, 1.54) is 0 Å². The number of carbonyl (C=O) groups excluding carboxylic acids is 2. The molecular weight excluding hydrogens is 353 g/mol. The largest absolute Gasteiger partial charge is 0.548 e. The highest BCUT2D eigenvalue weighted by Crippen LogP contribution is 2.53. The van der Waals surface area contributed by atoms with Crippen LogP contribution in [0.3, 0.4) is 0 Å². The SMILES string of the molecule is CCOC(=O)N(CP(=O)(OCC)C(OCC)OCC)C(CC)C(=O)[O-]. The van der Waals surface area contributed by atoms with Crippen LogP contribution in [0.5, 0.6) is 0 Å². The fourth-order valence-corrected chi connectivity index (χ4v) is 4.43. The second-order valence-corrected chi connectivity index (χ2v) is 7.33. The zero-order valence-electron chi connectivity index (χ0n) is 15.6. The predicted molar refractivity (Wildman–Crippen MR) is 89.1 cm³/mol. The second-order valence-electron chi connectivity index (χ2n) is 4.91.